The van der Waals surface area contributed by atoms with Crippen LogP contribution in [0, 0.1) is 11.6 Å². The number of benzene rings is 2. The molecular weight excluding hydrogens is 256 g/mol. The van der Waals surface area contributed by atoms with Crippen molar-refractivity contribution in [1.29, 1.82) is 0 Å². The van der Waals surface area contributed by atoms with Crippen LogP contribution >= 0.6 is 0 Å². The van der Waals surface area contributed by atoms with Crippen molar-refractivity contribution in [2.75, 3.05) is 0 Å². The van der Waals surface area contributed by atoms with Crippen LogP contribution in [0.4, 0.5) is 8.78 Å². The Kier molecular flexibility index (Phi) is 4.85. The molecule has 2 atom stereocenters. The van der Waals surface area contributed by atoms with E-state index in [-0.39, 0.29) is 23.7 Å². The predicted octanol–water partition coefficient (Wildman–Crippen LogP) is 4.25. The van der Waals surface area contributed by atoms with E-state index < -0.39 is 0 Å². The van der Waals surface area contributed by atoms with Gasteiger partial charge in [-0.1, -0.05) is 30.3 Å². The van der Waals surface area contributed by atoms with Gasteiger partial charge in [0.25, 0.3) is 0 Å². The van der Waals surface area contributed by atoms with Crippen molar-refractivity contribution in [3.8, 4) is 0 Å². The topological polar surface area (TPSA) is 12.0 Å². The molecule has 0 aliphatic rings. The second-order valence-electron chi connectivity index (χ2n) is 5.14. The molecule has 0 amide bonds. The highest BCUT2D eigenvalue weighted by molar-refractivity contribution is 5.21. The third kappa shape index (κ3) is 3.87. The fourth-order valence-corrected chi connectivity index (χ4v) is 2.35. The maximum Gasteiger partial charge on any atom is 0.126 e. The lowest BCUT2D eigenvalue weighted by Gasteiger charge is -2.20. The number of hydrogen-bond donors (Lipinski definition) is 1. The first kappa shape index (κ1) is 14.7. The van der Waals surface area contributed by atoms with Crippen molar-refractivity contribution < 1.29 is 8.78 Å². The Morgan fingerprint density at radius 2 is 1.75 bits per heavy atom. The first-order valence-corrected chi connectivity index (χ1v) is 6.81. The Bertz CT molecular complexity index is 568. The lowest BCUT2D eigenvalue weighted by Crippen LogP contribution is -2.31. The molecular formula is C17H19F2N. The summed E-state index contributed by atoms with van der Waals surface area (Å²) in [6, 6.07) is 13.4. The fourth-order valence-electron chi connectivity index (χ4n) is 2.35. The summed E-state index contributed by atoms with van der Waals surface area (Å²) in [6.45, 7) is 3.98. The van der Waals surface area contributed by atoms with Crippen LogP contribution in [0.15, 0.2) is 48.5 Å². The zero-order valence-corrected chi connectivity index (χ0v) is 11.7. The highest BCUT2D eigenvalue weighted by atomic mass is 19.1. The smallest absolute Gasteiger partial charge is 0.126 e. The third-order valence-corrected chi connectivity index (χ3v) is 3.37. The van der Waals surface area contributed by atoms with E-state index in [4.69, 9.17) is 0 Å². The molecule has 2 unspecified atom stereocenters. The molecule has 0 fully saturated rings. The molecule has 0 aliphatic heterocycles. The van der Waals surface area contributed by atoms with Gasteiger partial charge in [0.2, 0.25) is 0 Å². The number of hydrogen-bond acceptors (Lipinski definition) is 1. The van der Waals surface area contributed by atoms with Gasteiger partial charge in [-0.15, -0.1) is 0 Å². The number of rotatable bonds is 5. The molecule has 0 aromatic heterocycles. The molecule has 20 heavy (non-hydrogen) atoms. The molecule has 0 heterocycles. The minimum Gasteiger partial charge on any atom is -0.307 e. The zero-order valence-electron chi connectivity index (χ0n) is 11.7. The SMILES string of the molecule is CC(Cc1ccccc1F)NC(C)c1cccc(F)c1. The Morgan fingerprint density at radius 1 is 1.00 bits per heavy atom. The molecule has 0 saturated carbocycles. The van der Waals surface area contributed by atoms with E-state index in [0.717, 1.165) is 5.56 Å². The summed E-state index contributed by atoms with van der Waals surface area (Å²) in [5.74, 6) is -0.419. The Morgan fingerprint density at radius 3 is 2.45 bits per heavy atom. The molecule has 0 aliphatic carbocycles. The maximum atomic E-state index is 13.6. The molecule has 2 aromatic rings. The second-order valence-corrected chi connectivity index (χ2v) is 5.14. The summed E-state index contributed by atoms with van der Waals surface area (Å²) < 4.78 is 26.8. The Labute approximate surface area is 118 Å². The minimum absolute atomic E-state index is 0.0208. The van der Waals surface area contributed by atoms with Crippen LogP contribution in [0.3, 0.4) is 0 Å². The van der Waals surface area contributed by atoms with Crippen LogP contribution in [-0.4, -0.2) is 6.04 Å². The van der Waals surface area contributed by atoms with Crippen LogP contribution in [0.5, 0.6) is 0 Å². The molecule has 1 nitrogen and oxygen atoms in total. The van der Waals surface area contributed by atoms with Crippen molar-refractivity contribution in [3.63, 3.8) is 0 Å². The van der Waals surface area contributed by atoms with Crippen molar-refractivity contribution in [2.45, 2.75) is 32.4 Å². The van der Waals surface area contributed by atoms with Crippen molar-refractivity contribution >= 4 is 0 Å². The zero-order chi connectivity index (χ0) is 14.5. The number of halogens is 2. The van der Waals surface area contributed by atoms with Gasteiger partial charge >= 0.3 is 0 Å². The van der Waals surface area contributed by atoms with E-state index in [9.17, 15) is 8.78 Å². The van der Waals surface area contributed by atoms with E-state index in [1.165, 1.54) is 18.2 Å². The largest absolute Gasteiger partial charge is 0.307 e. The molecule has 0 radical (unpaired) electrons. The van der Waals surface area contributed by atoms with Crippen LogP contribution in [0.1, 0.15) is 31.0 Å². The van der Waals surface area contributed by atoms with Crippen LogP contribution in [0.2, 0.25) is 0 Å². The van der Waals surface area contributed by atoms with Gasteiger partial charge in [-0.05, 0) is 49.6 Å². The summed E-state index contributed by atoms with van der Waals surface area (Å²) in [6.07, 6.45) is 0.604. The molecule has 1 N–H and O–H groups in total. The quantitative estimate of drug-likeness (QED) is 0.860. The van der Waals surface area contributed by atoms with E-state index in [0.29, 0.717) is 12.0 Å². The Balaban J connectivity index is 1.98. The van der Waals surface area contributed by atoms with Gasteiger partial charge in [0.1, 0.15) is 11.6 Å². The predicted molar refractivity (Wildman–Crippen MR) is 77.5 cm³/mol. The van der Waals surface area contributed by atoms with Crippen LogP contribution in [0.25, 0.3) is 0 Å². The maximum absolute atomic E-state index is 13.6. The second kappa shape index (κ2) is 6.62. The molecule has 106 valence electrons. The van der Waals surface area contributed by atoms with Gasteiger partial charge < -0.3 is 5.32 Å². The van der Waals surface area contributed by atoms with Gasteiger partial charge in [-0.2, -0.15) is 0 Å². The lowest BCUT2D eigenvalue weighted by atomic mass is 10.0. The molecule has 2 aromatic carbocycles. The van der Waals surface area contributed by atoms with Crippen molar-refractivity contribution in [1.82, 2.24) is 5.32 Å². The summed E-state index contributed by atoms with van der Waals surface area (Å²) in [5.41, 5.74) is 1.59. The van der Waals surface area contributed by atoms with Gasteiger partial charge in [-0.25, -0.2) is 8.78 Å². The van der Waals surface area contributed by atoms with Gasteiger partial charge in [0.05, 0.1) is 0 Å². The molecule has 3 heteroatoms. The molecule has 2 rings (SSSR count). The van der Waals surface area contributed by atoms with Crippen LogP contribution < -0.4 is 5.32 Å². The standard InChI is InChI=1S/C17H19F2N/c1-12(10-15-6-3-4-9-17(15)19)20-13(2)14-7-5-8-16(18)11-14/h3-9,11-13,20H,10H2,1-2H3. The first-order valence-electron chi connectivity index (χ1n) is 6.81. The third-order valence-electron chi connectivity index (χ3n) is 3.37. The van der Waals surface area contributed by atoms with Gasteiger partial charge in [0, 0.05) is 12.1 Å². The van der Waals surface area contributed by atoms with Crippen LogP contribution in [-0.2, 0) is 6.42 Å². The summed E-state index contributed by atoms with van der Waals surface area (Å²) >= 11 is 0. The average molecular weight is 275 g/mol. The summed E-state index contributed by atoms with van der Waals surface area (Å²) in [5, 5.41) is 3.37. The first-order chi connectivity index (χ1) is 9.56. The minimum atomic E-state index is -0.238. The molecule has 0 bridgehead atoms. The van der Waals surface area contributed by atoms with E-state index in [1.807, 2.05) is 26.0 Å². The lowest BCUT2D eigenvalue weighted by molar-refractivity contribution is 0.467. The highest BCUT2D eigenvalue weighted by Crippen LogP contribution is 2.16. The van der Waals surface area contributed by atoms with E-state index >= 15 is 0 Å². The Hall–Kier alpha value is -1.74. The van der Waals surface area contributed by atoms with E-state index in [2.05, 4.69) is 5.32 Å². The normalized spacial score (nSPS) is 14.0. The van der Waals surface area contributed by atoms with Gasteiger partial charge in [0.15, 0.2) is 0 Å². The van der Waals surface area contributed by atoms with E-state index in [1.54, 1.807) is 18.2 Å². The van der Waals surface area contributed by atoms with Crippen molar-refractivity contribution in [2.24, 2.45) is 0 Å². The molecule has 0 saturated heterocycles. The summed E-state index contributed by atoms with van der Waals surface area (Å²) in [4.78, 5) is 0. The highest BCUT2D eigenvalue weighted by Gasteiger charge is 2.12. The van der Waals surface area contributed by atoms with Gasteiger partial charge in [-0.3, -0.25) is 0 Å². The molecule has 0 spiro atoms. The number of nitrogens with one attached hydrogen (secondary N) is 1. The fraction of sp³-hybridized carbons (Fsp3) is 0.294. The summed E-state index contributed by atoms with van der Waals surface area (Å²) in [7, 11) is 0. The average Bonchev–Trinajstić information content (AvgIpc) is 2.41. The van der Waals surface area contributed by atoms with Crippen molar-refractivity contribution in [3.05, 3.63) is 71.3 Å². The monoisotopic (exact) mass is 275 g/mol.